The number of sulfonamides is 1. The molecular formula is C16H23N3O4S. The minimum absolute atomic E-state index is 0.133. The second-order valence-corrected chi connectivity index (χ2v) is 7.77. The van der Waals surface area contributed by atoms with Gasteiger partial charge in [0.15, 0.2) is 0 Å². The smallest absolute Gasteiger partial charge is 0.245 e. The van der Waals surface area contributed by atoms with Gasteiger partial charge >= 0.3 is 0 Å². The average molecular weight is 353 g/mol. The normalized spacial score (nSPS) is 18.0. The molecule has 1 fully saturated rings. The maximum atomic E-state index is 12.4. The summed E-state index contributed by atoms with van der Waals surface area (Å²) in [6.45, 7) is 5.87. The largest absolute Gasteiger partial charge is 0.344 e. The summed E-state index contributed by atoms with van der Waals surface area (Å²) in [5, 5.41) is 2.60. The van der Waals surface area contributed by atoms with Gasteiger partial charge in [-0.05, 0) is 37.5 Å². The van der Waals surface area contributed by atoms with Crippen molar-refractivity contribution in [3.8, 4) is 0 Å². The van der Waals surface area contributed by atoms with Crippen LogP contribution in [0, 0.1) is 13.8 Å². The van der Waals surface area contributed by atoms with Crippen LogP contribution in [0.2, 0.25) is 0 Å². The molecule has 2 rings (SSSR count). The van der Waals surface area contributed by atoms with Crippen molar-refractivity contribution in [2.24, 2.45) is 0 Å². The molecule has 24 heavy (non-hydrogen) atoms. The van der Waals surface area contributed by atoms with Crippen LogP contribution in [0.25, 0.3) is 0 Å². The van der Waals surface area contributed by atoms with E-state index in [2.05, 4.69) is 10.0 Å². The summed E-state index contributed by atoms with van der Waals surface area (Å²) in [5.41, 5.74) is 1.55. The third-order valence-corrected chi connectivity index (χ3v) is 5.58. The molecule has 0 bridgehead atoms. The number of hydrogen-bond donors (Lipinski definition) is 2. The van der Waals surface area contributed by atoms with Gasteiger partial charge in [0.2, 0.25) is 21.8 Å². The second-order valence-electron chi connectivity index (χ2n) is 6.03. The Morgan fingerprint density at radius 2 is 2.04 bits per heavy atom. The second kappa shape index (κ2) is 7.31. The highest BCUT2D eigenvalue weighted by molar-refractivity contribution is 7.89. The van der Waals surface area contributed by atoms with E-state index in [0.717, 1.165) is 5.56 Å². The zero-order valence-electron chi connectivity index (χ0n) is 14.1. The van der Waals surface area contributed by atoms with Gasteiger partial charge in [-0.2, -0.15) is 0 Å². The third-order valence-electron chi connectivity index (χ3n) is 3.98. The van der Waals surface area contributed by atoms with Crippen LogP contribution in [0.15, 0.2) is 23.1 Å². The summed E-state index contributed by atoms with van der Waals surface area (Å²) in [4.78, 5) is 25.0. The molecule has 2 N–H and O–H groups in total. The highest BCUT2D eigenvalue weighted by Crippen LogP contribution is 2.16. The van der Waals surface area contributed by atoms with Gasteiger partial charge in [0.05, 0.1) is 4.90 Å². The maximum Gasteiger partial charge on any atom is 0.245 e. The van der Waals surface area contributed by atoms with E-state index in [4.69, 9.17) is 0 Å². The first-order chi connectivity index (χ1) is 11.2. The van der Waals surface area contributed by atoms with E-state index in [1.165, 1.54) is 6.92 Å². The molecular weight excluding hydrogens is 330 g/mol. The number of rotatable bonds is 6. The van der Waals surface area contributed by atoms with Gasteiger partial charge in [-0.3, -0.25) is 9.59 Å². The van der Waals surface area contributed by atoms with Crippen molar-refractivity contribution in [1.29, 1.82) is 0 Å². The Kier molecular flexibility index (Phi) is 5.61. The van der Waals surface area contributed by atoms with Crippen LogP contribution in [0.3, 0.4) is 0 Å². The number of carbonyl (C=O) groups excluding carboxylic acids is 2. The zero-order chi connectivity index (χ0) is 17.9. The number of nitrogens with one attached hydrogen (secondary N) is 2. The number of hydrogen-bond acceptors (Lipinski definition) is 4. The topological polar surface area (TPSA) is 95.6 Å². The first kappa shape index (κ1) is 18.4. The molecule has 1 unspecified atom stereocenters. The summed E-state index contributed by atoms with van der Waals surface area (Å²) in [6.07, 6.45) is 0.544. The Morgan fingerprint density at radius 1 is 1.33 bits per heavy atom. The van der Waals surface area contributed by atoms with E-state index in [1.807, 2.05) is 13.0 Å². The van der Waals surface area contributed by atoms with Gasteiger partial charge in [0, 0.05) is 26.6 Å². The molecule has 7 nitrogen and oxygen atoms in total. The Morgan fingerprint density at radius 3 is 2.71 bits per heavy atom. The van der Waals surface area contributed by atoms with Gasteiger partial charge in [-0.25, -0.2) is 13.1 Å². The van der Waals surface area contributed by atoms with Crippen LogP contribution in [0.4, 0.5) is 0 Å². The molecule has 0 spiro atoms. The van der Waals surface area contributed by atoms with Crippen molar-refractivity contribution in [3.05, 3.63) is 29.3 Å². The summed E-state index contributed by atoms with van der Waals surface area (Å²) in [6, 6.07) is 4.76. The van der Waals surface area contributed by atoms with E-state index in [1.54, 1.807) is 24.0 Å². The molecule has 132 valence electrons. The minimum Gasteiger partial charge on any atom is -0.344 e. The molecule has 1 heterocycles. The lowest BCUT2D eigenvalue weighted by atomic mass is 10.2. The summed E-state index contributed by atoms with van der Waals surface area (Å²) >= 11 is 0. The van der Waals surface area contributed by atoms with Crippen molar-refractivity contribution in [3.63, 3.8) is 0 Å². The van der Waals surface area contributed by atoms with E-state index in [-0.39, 0.29) is 29.8 Å². The lowest BCUT2D eigenvalue weighted by Crippen LogP contribution is -2.42. The molecule has 2 amide bonds. The molecule has 0 aliphatic carbocycles. The van der Waals surface area contributed by atoms with Crippen molar-refractivity contribution in [2.45, 2.75) is 38.1 Å². The molecule has 1 saturated heterocycles. The van der Waals surface area contributed by atoms with Gasteiger partial charge in [0.25, 0.3) is 0 Å². The predicted molar refractivity (Wildman–Crippen MR) is 89.9 cm³/mol. The fourth-order valence-corrected chi connectivity index (χ4v) is 4.08. The highest BCUT2D eigenvalue weighted by atomic mass is 32.2. The SMILES string of the molecule is CC(=O)NC1CCN(CCNS(=O)(=O)c2cc(C)ccc2C)C1=O. The molecule has 8 heteroatoms. The van der Waals surface area contributed by atoms with Crippen LogP contribution in [0.5, 0.6) is 0 Å². The summed E-state index contributed by atoms with van der Waals surface area (Å²) < 4.78 is 27.3. The number of amides is 2. The molecule has 1 aliphatic heterocycles. The summed E-state index contributed by atoms with van der Waals surface area (Å²) in [7, 11) is -3.61. The van der Waals surface area contributed by atoms with Crippen molar-refractivity contribution < 1.29 is 18.0 Å². The highest BCUT2D eigenvalue weighted by Gasteiger charge is 2.31. The number of benzene rings is 1. The fraction of sp³-hybridized carbons (Fsp3) is 0.500. The van der Waals surface area contributed by atoms with Crippen LogP contribution in [-0.4, -0.2) is 50.8 Å². The van der Waals surface area contributed by atoms with Crippen LogP contribution in [0.1, 0.15) is 24.5 Å². The molecule has 0 radical (unpaired) electrons. The molecule has 0 saturated carbocycles. The van der Waals surface area contributed by atoms with E-state index in [0.29, 0.717) is 18.5 Å². The Labute approximate surface area is 142 Å². The van der Waals surface area contributed by atoms with Gasteiger partial charge < -0.3 is 10.2 Å². The minimum atomic E-state index is -3.61. The maximum absolute atomic E-state index is 12.4. The van der Waals surface area contributed by atoms with Crippen LogP contribution < -0.4 is 10.0 Å². The van der Waals surface area contributed by atoms with Gasteiger partial charge in [0.1, 0.15) is 6.04 Å². The van der Waals surface area contributed by atoms with Gasteiger partial charge in [-0.15, -0.1) is 0 Å². The monoisotopic (exact) mass is 353 g/mol. The lowest BCUT2D eigenvalue weighted by molar-refractivity contribution is -0.132. The Hall–Kier alpha value is -1.93. The number of carbonyl (C=O) groups is 2. The standard InChI is InChI=1S/C16H23N3O4S/c1-11-4-5-12(2)15(10-11)24(22,23)17-7-9-19-8-6-14(16(19)21)18-13(3)20/h4-5,10,14,17H,6-9H2,1-3H3,(H,18,20). The Balaban J connectivity index is 1.93. The van der Waals surface area contributed by atoms with Crippen LogP contribution in [-0.2, 0) is 19.6 Å². The summed E-state index contributed by atoms with van der Waals surface area (Å²) in [5.74, 6) is -0.415. The Bertz CT molecular complexity index is 746. The molecule has 1 atom stereocenters. The first-order valence-corrected chi connectivity index (χ1v) is 9.32. The van der Waals surface area contributed by atoms with Crippen molar-refractivity contribution in [2.75, 3.05) is 19.6 Å². The zero-order valence-corrected chi connectivity index (χ0v) is 14.9. The van der Waals surface area contributed by atoms with E-state index < -0.39 is 16.1 Å². The quantitative estimate of drug-likeness (QED) is 0.770. The fourth-order valence-electron chi connectivity index (χ4n) is 2.73. The number of nitrogens with zero attached hydrogens (tertiary/aromatic N) is 1. The van der Waals surface area contributed by atoms with Crippen molar-refractivity contribution in [1.82, 2.24) is 14.9 Å². The third kappa shape index (κ3) is 4.33. The number of likely N-dealkylation sites (tertiary alicyclic amines) is 1. The van der Waals surface area contributed by atoms with E-state index in [9.17, 15) is 18.0 Å². The molecule has 1 aliphatic rings. The molecule has 1 aromatic carbocycles. The first-order valence-electron chi connectivity index (χ1n) is 7.83. The lowest BCUT2D eigenvalue weighted by Gasteiger charge is -2.17. The number of aryl methyl sites for hydroxylation is 2. The van der Waals surface area contributed by atoms with Gasteiger partial charge in [-0.1, -0.05) is 12.1 Å². The molecule has 1 aromatic rings. The average Bonchev–Trinajstić information content (AvgIpc) is 2.82. The van der Waals surface area contributed by atoms with Crippen molar-refractivity contribution >= 4 is 21.8 Å². The predicted octanol–water partition coefficient (Wildman–Crippen LogP) is 0.319. The van der Waals surface area contributed by atoms with E-state index >= 15 is 0 Å². The van der Waals surface area contributed by atoms with Crippen LogP contribution >= 0.6 is 0 Å². The molecule has 0 aromatic heterocycles.